The average molecular weight is 537 g/mol. The molecule has 2 N–H and O–H groups in total. The van der Waals surface area contributed by atoms with Gasteiger partial charge in [-0.1, -0.05) is 25.6 Å². The summed E-state index contributed by atoms with van der Waals surface area (Å²) in [6.45, 7) is 12.1. The third-order valence-electron chi connectivity index (χ3n) is 3.93. The van der Waals surface area contributed by atoms with Crippen LogP contribution >= 0.6 is 47.1 Å². The Balaban J connectivity index is 0.00000392. The molecule has 0 atom stereocenters. The minimum Gasteiger partial charge on any atom is -0.357 e. The van der Waals surface area contributed by atoms with Gasteiger partial charge >= 0.3 is 0 Å². The van der Waals surface area contributed by atoms with Crippen LogP contribution < -0.4 is 10.6 Å². The molecule has 0 saturated heterocycles. The molecule has 0 unspecified atom stereocenters. The van der Waals surface area contributed by atoms with Gasteiger partial charge in [0.25, 0.3) is 0 Å². The molecule has 6 nitrogen and oxygen atoms in total. The van der Waals surface area contributed by atoms with E-state index in [1.807, 2.05) is 0 Å². The molecule has 0 fully saturated rings. The number of hydrogen-bond donors (Lipinski definition) is 2. The summed E-state index contributed by atoms with van der Waals surface area (Å²) in [6, 6.07) is 4.30. The lowest BCUT2D eigenvalue weighted by Crippen LogP contribution is -2.37. The van der Waals surface area contributed by atoms with Crippen LogP contribution in [0.15, 0.2) is 22.3 Å². The second-order valence-electron chi connectivity index (χ2n) is 6.85. The van der Waals surface area contributed by atoms with Gasteiger partial charge < -0.3 is 15.2 Å². The van der Waals surface area contributed by atoms with Crippen molar-refractivity contribution in [2.75, 3.05) is 19.3 Å². The number of aromatic nitrogens is 3. The Morgan fingerprint density at radius 2 is 2.07 bits per heavy atom. The summed E-state index contributed by atoms with van der Waals surface area (Å²) in [6.07, 6.45) is 3.96. The molecule has 2 aromatic rings. The van der Waals surface area contributed by atoms with Crippen molar-refractivity contribution in [3.63, 3.8) is 0 Å². The Bertz CT molecular complexity index is 726. The highest BCUT2D eigenvalue weighted by molar-refractivity contribution is 14.0. The first-order valence-corrected chi connectivity index (χ1v) is 11.6. The summed E-state index contributed by atoms with van der Waals surface area (Å²) in [5.74, 6) is 2.53. The molecule has 0 aliphatic rings. The van der Waals surface area contributed by atoms with E-state index in [9.17, 15) is 0 Å². The number of thiophene rings is 1. The van der Waals surface area contributed by atoms with Crippen molar-refractivity contribution in [2.24, 2.45) is 10.9 Å². The molecular formula is C19H33IN6S2. The number of aliphatic imine (C=N–C) groups is 1. The van der Waals surface area contributed by atoms with Gasteiger partial charge in [-0.15, -0.1) is 45.5 Å². The lowest BCUT2D eigenvalue weighted by Gasteiger charge is -2.13. The maximum absolute atomic E-state index is 4.68. The Morgan fingerprint density at radius 3 is 2.68 bits per heavy atom. The number of rotatable bonds is 10. The lowest BCUT2D eigenvalue weighted by molar-refractivity contribution is 0.477. The number of aryl methyl sites for hydroxylation is 2. The summed E-state index contributed by atoms with van der Waals surface area (Å²) < 4.78 is 2.26. The van der Waals surface area contributed by atoms with Crippen LogP contribution in [-0.2, 0) is 19.5 Å². The van der Waals surface area contributed by atoms with E-state index in [4.69, 9.17) is 0 Å². The van der Waals surface area contributed by atoms with E-state index < -0.39 is 0 Å². The molecule has 0 bridgehead atoms. The van der Waals surface area contributed by atoms with Crippen molar-refractivity contribution in [1.29, 1.82) is 0 Å². The van der Waals surface area contributed by atoms with Crippen molar-refractivity contribution in [1.82, 2.24) is 25.4 Å². The number of halogens is 1. The fraction of sp³-hybridized carbons (Fsp3) is 0.632. The number of guanidine groups is 1. The fourth-order valence-corrected chi connectivity index (χ4v) is 4.06. The topological polar surface area (TPSA) is 67.1 Å². The van der Waals surface area contributed by atoms with E-state index in [1.165, 1.54) is 9.75 Å². The SMILES string of the molecule is CCNC(=NCc1ccc(C)s1)NCCCc1nnc(SC)n1CC(C)C.I. The molecule has 158 valence electrons. The van der Waals surface area contributed by atoms with E-state index in [2.05, 4.69) is 76.5 Å². The largest absolute Gasteiger partial charge is 0.357 e. The molecular weight excluding hydrogens is 503 g/mol. The first kappa shape index (κ1) is 25.2. The van der Waals surface area contributed by atoms with Crippen LogP contribution in [0.4, 0.5) is 0 Å². The van der Waals surface area contributed by atoms with Gasteiger partial charge in [0.1, 0.15) is 5.82 Å². The standard InChI is InChI=1S/C19H32N6S2.HI/c1-6-20-18(22-12-16-10-9-15(4)27-16)21-11-7-8-17-23-24-19(26-5)25(17)13-14(2)3;/h9-10,14H,6-8,11-13H2,1-5H3,(H2,20,21,22);1H. The van der Waals surface area contributed by atoms with Crippen LogP contribution in [-0.4, -0.2) is 40.1 Å². The fourth-order valence-electron chi connectivity index (χ4n) is 2.73. The molecule has 0 amide bonds. The summed E-state index contributed by atoms with van der Waals surface area (Å²) in [5, 5.41) is 16.5. The van der Waals surface area contributed by atoms with Crippen LogP contribution in [0.1, 0.15) is 42.8 Å². The van der Waals surface area contributed by atoms with Crippen molar-refractivity contribution >= 4 is 53.0 Å². The molecule has 28 heavy (non-hydrogen) atoms. The molecule has 2 rings (SSSR count). The van der Waals surface area contributed by atoms with Crippen LogP contribution in [0.2, 0.25) is 0 Å². The van der Waals surface area contributed by atoms with E-state index in [0.717, 1.165) is 49.4 Å². The molecule has 0 radical (unpaired) electrons. The lowest BCUT2D eigenvalue weighted by atomic mass is 10.2. The first-order valence-electron chi connectivity index (χ1n) is 9.57. The quantitative estimate of drug-likeness (QED) is 0.156. The maximum Gasteiger partial charge on any atom is 0.191 e. The number of nitrogens with zero attached hydrogens (tertiary/aromatic N) is 4. The highest BCUT2D eigenvalue weighted by Crippen LogP contribution is 2.17. The number of hydrogen-bond acceptors (Lipinski definition) is 5. The highest BCUT2D eigenvalue weighted by Gasteiger charge is 2.12. The molecule has 2 aromatic heterocycles. The Hall–Kier alpha value is -0.810. The number of thioether (sulfide) groups is 1. The molecule has 0 spiro atoms. The van der Waals surface area contributed by atoms with Gasteiger partial charge in [0.15, 0.2) is 11.1 Å². The van der Waals surface area contributed by atoms with Crippen molar-refractivity contribution in [3.8, 4) is 0 Å². The van der Waals surface area contributed by atoms with Gasteiger partial charge in [-0.05, 0) is 44.6 Å². The summed E-state index contributed by atoms with van der Waals surface area (Å²) in [7, 11) is 0. The predicted molar refractivity (Wildman–Crippen MR) is 132 cm³/mol. The van der Waals surface area contributed by atoms with Gasteiger partial charge in [-0.2, -0.15) is 0 Å². The van der Waals surface area contributed by atoms with Crippen LogP contribution in [0.25, 0.3) is 0 Å². The van der Waals surface area contributed by atoms with Crippen molar-refractivity contribution in [3.05, 3.63) is 27.7 Å². The van der Waals surface area contributed by atoms with Crippen molar-refractivity contribution < 1.29 is 0 Å². The molecule has 0 aromatic carbocycles. The molecule has 0 aliphatic heterocycles. The van der Waals surface area contributed by atoms with E-state index >= 15 is 0 Å². The normalized spacial score (nSPS) is 11.6. The smallest absolute Gasteiger partial charge is 0.191 e. The zero-order chi connectivity index (χ0) is 19.6. The second-order valence-corrected chi connectivity index (χ2v) is 8.99. The summed E-state index contributed by atoms with van der Waals surface area (Å²) >= 11 is 3.46. The summed E-state index contributed by atoms with van der Waals surface area (Å²) in [4.78, 5) is 7.30. The second kappa shape index (κ2) is 13.4. The van der Waals surface area contributed by atoms with E-state index in [0.29, 0.717) is 12.5 Å². The van der Waals surface area contributed by atoms with Gasteiger partial charge in [0.2, 0.25) is 0 Å². The maximum atomic E-state index is 4.68. The average Bonchev–Trinajstić information content (AvgIpc) is 3.22. The predicted octanol–water partition coefficient (Wildman–Crippen LogP) is 4.33. The third-order valence-corrected chi connectivity index (χ3v) is 5.58. The van der Waals surface area contributed by atoms with E-state index in [-0.39, 0.29) is 24.0 Å². The zero-order valence-corrected chi connectivity index (χ0v) is 21.5. The minimum absolute atomic E-state index is 0. The van der Waals surface area contributed by atoms with Crippen LogP contribution in [0.5, 0.6) is 0 Å². The van der Waals surface area contributed by atoms with Crippen LogP contribution in [0, 0.1) is 12.8 Å². The number of nitrogens with one attached hydrogen (secondary N) is 2. The molecule has 9 heteroatoms. The third kappa shape index (κ3) is 8.28. The Labute approximate surface area is 194 Å². The Kier molecular flexibility index (Phi) is 12.1. The van der Waals surface area contributed by atoms with E-state index in [1.54, 1.807) is 23.1 Å². The monoisotopic (exact) mass is 536 g/mol. The van der Waals surface area contributed by atoms with Gasteiger partial charge in [0, 0.05) is 35.8 Å². The zero-order valence-electron chi connectivity index (χ0n) is 17.5. The highest BCUT2D eigenvalue weighted by atomic mass is 127. The molecule has 0 saturated carbocycles. The van der Waals surface area contributed by atoms with Gasteiger partial charge in [-0.25, -0.2) is 4.99 Å². The molecule has 2 heterocycles. The van der Waals surface area contributed by atoms with Gasteiger partial charge in [-0.3, -0.25) is 0 Å². The Morgan fingerprint density at radius 1 is 1.29 bits per heavy atom. The first-order chi connectivity index (χ1) is 13.0. The van der Waals surface area contributed by atoms with Gasteiger partial charge in [0.05, 0.1) is 6.54 Å². The van der Waals surface area contributed by atoms with Crippen molar-refractivity contribution in [2.45, 2.75) is 58.8 Å². The minimum atomic E-state index is 0. The summed E-state index contributed by atoms with van der Waals surface area (Å²) in [5.41, 5.74) is 0. The molecule has 0 aliphatic carbocycles. The van der Waals surface area contributed by atoms with Crippen LogP contribution in [0.3, 0.4) is 0 Å².